The molecule has 1 saturated heterocycles. The lowest BCUT2D eigenvalue weighted by atomic mass is 10.0. The quantitative estimate of drug-likeness (QED) is 0.727. The SMILES string of the molecule is OCCCCN(C1CC1)C(C1CCCO1)C(F)(F)F. The van der Waals surface area contributed by atoms with E-state index in [1.165, 1.54) is 0 Å². The Morgan fingerprint density at radius 1 is 1.21 bits per heavy atom. The molecular weight excluding hydrogens is 259 g/mol. The zero-order valence-electron chi connectivity index (χ0n) is 11.0. The normalized spacial score (nSPS) is 26.1. The van der Waals surface area contributed by atoms with E-state index in [9.17, 15) is 13.2 Å². The van der Waals surface area contributed by atoms with E-state index in [1.807, 2.05) is 0 Å². The van der Waals surface area contributed by atoms with E-state index >= 15 is 0 Å². The topological polar surface area (TPSA) is 32.7 Å². The van der Waals surface area contributed by atoms with Gasteiger partial charge in [-0.2, -0.15) is 13.2 Å². The number of aliphatic hydroxyl groups is 1. The summed E-state index contributed by atoms with van der Waals surface area (Å²) >= 11 is 0. The van der Waals surface area contributed by atoms with Crippen molar-refractivity contribution in [2.75, 3.05) is 19.8 Å². The van der Waals surface area contributed by atoms with E-state index in [1.54, 1.807) is 4.90 Å². The van der Waals surface area contributed by atoms with Gasteiger partial charge >= 0.3 is 6.18 Å². The summed E-state index contributed by atoms with van der Waals surface area (Å²) < 4.78 is 45.3. The first-order valence-electron chi connectivity index (χ1n) is 7.09. The van der Waals surface area contributed by atoms with E-state index in [0.717, 1.165) is 12.8 Å². The highest BCUT2D eigenvalue weighted by atomic mass is 19.4. The molecule has 1 N–H and O–H groups in total. The van der Waals surface area contributed by atoms with Gasteiger partial charge in [-0.25, -0.2) is 0 Å². The number of hydrogen-bond donors (Lipinski definition) is 1. The van der Waals surface area contributed by atoms with Crippen molar-refractivity contribution < 1.29 is 23.0 Å². The molecule has 19 heavy (non-hydrogen) atoms. The Morgan fingerprint density at radius 2 is 1.95 bits per heavy atom. The van der Waals surface area contributed by atoms with Crippen molar-refractivity contribution in [2.45, 2.75) is 62.9 Å². The summed E-state index contributed by atoms with van der Waals surface area (Å²) in [5.41, 5.74) is 0. The maximum Gasteiger partial charge on any atom is 0.406 e. The van der Waals surface area contributed by atoms with Gasteiger partial charge in [-0.3, -0.25) is 4.90 Å². The van der Waals surface area contributed by atoms with Crippen molar-refractivity contribution >= 4 is 0 Å². The zero-order chi connectivity index (χ0) is 13.9. The summed E-state index contributed by atoms with van der Waals surface area (Å²) in [4.78, 5) is 1.58. The van der Waals surface area contributed by atoms with Crippen molar-refractivity contribution in [3.05, 3.63) is 0 Å². The first-order chi connectivity index (χ1) is 9.04. The van der Waals surface area contributed by atoms with Crippen molar-refractivity contribution in [1.82, 2.24) is 4.90 Å². The van der Waals surface area contributed by atoms with Gasteiger partial charge in [0.05, 0.1) is 6.10 Å². The number of nitrogens with zero attached hydrogens (tertiary/aromatic N) is 1. The Labute approximate surface area is 111 Å². The predicted molar refractivity (Wildman–Crippen MR) is 64.9 cm³/mol. The fraction of sp³-hybridized carbons (Fsp3) is 1.00. The summed E-state index contributed by atoms with van der Waals surface area (Å²) in [5.74, 6) is 0. The molecule has 0 aromatic carbocycles. The maximum atomic E-state index is 13.3. The number of unbranched alkanes of at least 4 members (excludes halogenated alkanes) is 1. The lowest BCUT2D eigenvalue weighted by molar-refractivity contribution is -0.211. The van der Waals surface area contributed by atoms with Gasteiger partial charge in [0.25, 0.3) is 0 Å². The average Bonchev–Trinajstić information content (AvgIpc) is 3.04. The molecular formula is C13H22F3NO2. The second-order valence-corrected chi connectivity index (χ2v) is 5.44. The molecule has 3 nitrogen and oxygen atoms in total. The van der Waals surface area contributed by atoms with Crippen LogP contribution in [0.15, 0.2) is 0 Å². The van der Waals surface area contributed by atoms with Gasteiger partial charge in [0, 0.05) is 19.3 Å². The highest BCUT2D eigenvalue weighted by Gasteiger charge is 2.52. The number of rotatable bonds is 7. The molecule has 2 unspecified atom stereocenters. The summed E-state index contributed by atoms with van der Waals surface area (Å²) in [7, 11) is 0. The van der Waals surface area contributed by atoms with Gasteiger partial charge in [0.2, 0.25) is 0 Å². The minimum Gasteiger partial charge on any atom is -0.396 e. The van der Waals surface area contributed by atoms with E-state index < -0.39 is 18.3 Å². The van der Waals surface area contributed by atoms with Crippen LogP contribution in [-0.2, 0) is 4.74 Å². The van der Waals surface area contributed by atoms with Crippen LogP contribution in [0.25, 0.3) is 0 Å². The molecule has 2 rings (SSSR count). The van der Waals surface area contributed by atoms with Gasteiger partial charge in [-0.15, -0.1) is 0 Å². The van der Waals surface area contributed by atoms with Crippen LogP contribution in [0, 0.1) is 0 Å². The average molecular weight is 281 g/mol. The molecule has 112 valence electrons. The van der Waals surface area contributed by atoms with Crippen LogP contribution in [0.3, 0.4) is 0 Å². The third-order valence-corrected chi connectivity index (χ3v) is 3.85. The lowest BCUT2D eigenvalue weighted by Gasteiger charge is -2.36. The van der Waals surface area contributed by atoms with Crippen LogP contribution >= 0.6 is 0 Å². The van der Waals surface area contributed by atoms with Gasteiger partial charge in [0.15, 0.2) is 0 Å². The number of hydrogen-bond acceptors (Lipinski definition) is 3. The molecule has 0 aromatic heterocycles. The molecule has 2 fully saturated rings. The molecule has 0 aromatic rings. The lowest BCUT2D eigenvalue weighted by Crippen LogP contribution is -2.54. The predicted octanol–water partition coefficient (Wildman–Crippen LogP) is 2.33. The van der Waals surface area contributed by atoms with Crippen LogP contribution in [0.5, 0.6) is 0 Å². The smallest absolute Gasteiger partial charge is 0.396 e. The van der Waals surface area contributed by atoms with Crippen molar-refractivity contribution in [2.24, 2.45) is 0 Å². The number of alkyl halides is 3. The molecule has 1 heterocycles. The molecule has 1 aliphatic heterocycles. The van der Waals surface area contributed by atoms with E-state index in [0.29, 0.717) is 38.8 Å². The van der Waals surface area contributed by atoms with Crippen LogP contribution in [-0.4, -0.2) is 54.1 Å². The van der Waals surface area contributed by atoms with Gasteiger partial charge in [0.1, 0.15) is 6.04 Å². The fourth-order valence-electron chi connectivity index (χ4n) is 2.83. The first-order valence-corrected chi connectivity index (χ1v) is 7.09. The van der Waals surface area contributed by atoms with Crippen LogP contribution in [0.1, 0.15) is 38.5 Å². The summed E-state index contributed by atoms with van der Waals surface area (Å²) in [6.07, 6.45) is -0.895. The molecule has 0 radical (unpaired) electrons. The maximum absolute atomic E-state index is 13.3. The minimum atomic E-state index is -4.24. The molecule has 1 saturated carbocycles. The van der Waals surface area contributed by atoms with Gasteiger partial charge in [-0.05, 0) is 45.1 Å². The summed E-state index contributed by atoms with van der Waals surface area (Å²) in [5, 5.41) is 8.78. The van der Waals surface area contributed by atoms with Crippen LogP contribution in [0.4, 0.5) is 13.2 Å². The zero-order valence-corrected chi connectivity index (χ0v) is 11.0. The fourth-order valence-corrected chi connectivity index (χ4v) is 2.83. The Morgan fingerprint density at radius 3 is 2.42 bits per heavy atom. The second-order valence-electron chi connectivity index (χ2n) is 5.44. The van der Waals surface area contributed by atoms with E-state index in [4.69, 9.17) is 9.84 Å². The number of ether oxygens (including phenoxy) is 1. The van der Waals surface area contributed by atoms with Crippen molar-refractivity contribution in [3.8, 4) is 0 Å². The van der Waals surface area contributed by atoms with Gasteiger partial charge < -0.3 is 9.84 Å². The number of aliphatic hydroxyl groups excluding tert-OH is 1. The first kappa shape index (κ1) is 15.1. The highest BCUT2D eigenvalue weighted by molar-refractivity contribution is 4.96. The Bertz CT molecular complexity index is 276. The highest BCUT2D eigenvalue weighted by Crippen LogP contribution is 2.39. The monoisotopic (exact) mass is 281 g/mol. The van der Waals surface area contributed by atoms with Crippen LogP contribution < -0.4 is 0 Å². The third-order valence-electron chi connectivity index (χ3n) is 3.85. The van der Waals surface area contributed by atoms with E-state index in [2.05, 4.69) is 0 Å². The minimum absolute atomic E-state index is 0.0368. The third kappa shape index (κ3) is 4.07. The van der Waals surface area contributed by atoms with Crippen LogP contribution in [0.2, 0.25) is 0 Å². The summed E-state index contributed by atoms with van der Waals surface area (Å²) in [6.45, 7) is 0.872. The Balaban J connectivity index is 2.04. The summed E-state index contributed by atoms with van der Waals surface area (Å²) in [6, 6.07) is -1.42. The standard InChI is InChI=1S/C13H22F3NO2/c14-13(15,16)12(11-4-3-9-19-11)17(10-5-6-10)7-1-2-8-18/h10-12,18H,1-9H2. The molecule has 0 bridgehead atoms. The largest absolute Gasteiger partial charge is 0.406 e. The van der Waals surface area contributed by atoms with Crippen molar-refractivity contribution in [3.63, 3.8) is 0 Å². The molecule has 2 atom stereocenters. The molecule has 1 aliphatic carbocycles. The Hall–Kier alpha value is -0.330. The number of halogens is 3. The molecule has 0 amide bonds. The molecule has 0 spiro atoms. The molecule has 6 heteroatoms. The van der Waals surface area contributed by atoms with Crippen molar-refractivity contribution in [1.29, 1.82) is 0 Å². The second kappa shape index (κ2) is 6.41. The van der Waals surface area contributed by atoms with E-state index in [-0.39, 0.29) is 12.6 Å². The Kier molecular flexibility index (Phi) is 5.09. The van der Waals surface area contributed by atoms with Gasteiger partial charge in [-0.1, -0.05) is 0 Å². The molecule has 2 aliphatic rings.